The molecule has 5 rings (SSSR count). The number of nitrogens with zero attached hydrogens (tertiary/aromatic N) is 5. The first-order valence-electron chi connectivity index (χ1n) is 8.87. The number of aliphatic imine (C=N–C) groups is 1. The van der Waals surface area contributed by atoms with Crippen molar-refractivity contribution in [2.24, 2.45) is 4.99 Å². The lowest BCUT2D eigenvalue weighted by Gasteiger charge is -2.13. The number of aromatic nitrogens is 4. The average Bonchev–Trinajstić information content (AvgIpc) is 3.28. The standard InChI is InChI=1S/C21H17N5S/c1-14-19-17(26(25-14)16-7-3-2-4-8-16)9-10-18-20(19)24-21(27-18)23-13-15-6-5-11-22-12-15/h2-8,11-13H,9-10H2,1H3/b23-13+. The quantitative estimate of drug-likeness (QED) is 0.497. The third kappa shape index (κ3) is 2.88. The smallest absolute Gasteiger partial charge is 0.209 e. The third-order valence-corrected chi connectivity index (χ3v) is 5.70. The van der Waals surface area contributed by atoms with E-state index in [4.69, 9.17) is 10.1 Å². The van der Waals surface area contributed by atoms with Crippen LogP contribution in [0.3, 0.4) is 0 Å². The van der Waals surface area contributed by atoms with Crippen molar-refractivity contribution >= 4 is 22.7 Å². The van der Waals surface area contributed by atoms with E-state index in [1.807, 2.05) is 36.5 Å². The van der Waals surface area contributed by atoms with Gasteiger partial charge in [-0.05, 0) is 38.0 Å². The summed E-state index contributed by atoms with van der Waals surface area (Å²) in [6.45, 7) is 2.06. The lowest BCUT2D eigenvalue weighted by molar-refractivity contribution is 0.779. The molecule has 1 aliphatic rings. The van der Waals surface area contributed by atoms with Gasteiger partial charge in [0.15, 0.2) is 0 Å². The van der Waals surface area contributed by atoms with Gasteiger partial charge in [0, 0.05) is 34.6 Å². The Morgan fingerprint density at radius 3 is 2.81 bits per heavy atom. The molecule has 0 spiro atoms. The molecule has 3 aromatic heterocycles. The highest BCUT2D eigenvalue weighted by atomic mass is 32.1. The van der Waals surface area contributed by atoms with Gasteiger partial charge in [-0.3, -0.25) is 4.98 Å². The minimum absolute atomic E-state index is 0.781. The molecule has 4 aromatic rings. The minimum Gasteiger partial charge on any atom is -0.264 e. The summed E-state index contributed by atoms with van der Waals surface area (Å²) in [7, 11) is 0. The number of pyridine rings is 1. The van der Waals surface area contributed by atoms with Crippen molar-refractivity contribution in [3.8, 4) is 16.9 Å². The summed E-state index contributed by atoms with van der Waals surface area (Å²) in [6.07, 6.45) is 7.31. The van der Waals surface area contributed by atoms with Gasteiger partial charge < -0.3 is 0 Å². The van der Waals surface area contributed by atoms with Crippen LogP contribution in [0.25, 0.3) is 16.9 Å². The van der Waals surface area contributed by atoms with Crippen molar-refractivity contribution in [2.75, 3.05) is 0 Å². The zero-order chi connectivity index (χ0) is 18.2. The van der Waals surface area contributed by atoms with E-state index < -0.39 is 0 Å². The fraction of sp³-hybridized carbons (Fsp3) is 0.143. The fourth-order valence-corrected chi connectivity index (χ4v) is 4.38. The number of fused-ring (bicyclic) bond motifs is 3. The van der Waals surface area contributed by atoms with Crippen LogP contribution in [0, 0.1) is 6.92 Å². The van der Waals surface area contributed by atoms with E-state index in [1.165, 1.54) is 16.1 Å². The van der Waals surface area contributed by atoms with E-state index in [0.717, 1.165) is 40.6 Å². The van der Waals surface area contributed by atoms with E-state index in [9.17, 15) is 0 Å². The van der Waals surface area contributed by atoms with E-state index in [1.54, 1.807) is 23.7 Å². The number of hydrogen-bond acceptors (Lipinski definition) is 5. The molecule has 0 unspecified atom stereocenters. The van der Waals surface area contributed by atoms with Crippen LogP contribution < -0.4 is 0 Å². The second-order valence-corrected chi connectivity index (χ2v) is 7.53. The van der Waals surface area contributed by atoms with Crippen LogP contribution >= 0.6 is 11.3 Å². The molecule has 0 saturated carbocycles. The third-order valence-electron chi connectivity index (χ3n) is 4.68. The molecule has 5 nitrogen and oxygen atoms in total. The summed E-state index contributed by atoms with van der Waals surface area (Å²) in [4.78, 5) is 14.8. The number of thiazole rings is 1. The molecule has 3 heterocycles. The van der Waals surface area contributed by atoms with Crippen molar-refractivity contribution in [1.29, 1.82) is 0 Å². The summed E-state index contributed by atoms with van der Waals surface area (Å²) in [5, 5.41) is 5.58. The zero-order valence-corrected chi connectivity index (χ0v) is 15.6. The van der Waals surface area contributed by atoms with Gasteiger partial charge in [0.05, 0.1) is 22.8 Å². The van der Waals surface area contributed by atoms with Crippen LogP contribution in [-0.2, 0) is 12.8 Å². The highest BCUT2D eigenvalue weighted by molar-refractivity contribution is 7.15. The van der Waals surface area contributed by atoms with Gasteiger partial charge in [0.2, 0.25) is 5.13 Å². The molecule has 27 heavy (non-hydrogen) atoms. The number of hydrogen-bond donors (Lipinski definition) is 0. The lowest BCUT2D eigenvalue weighted by atomic mass is 9.98. The molecular weight excluding hydrogens is 354 g/mol. The zero-order valence-electron chi connectivity index (χ0n) is 14.8. The van der Waals surface area contributed by atoms with Crippen molar-refractivity contribution < 1.29 is 0 Å². The van der Waals surface area contributed by atoms with Crippen LogP contribution in [0.2, 0.25) is 0 Å². The molecular formula is C21H17N5S. The molecule has 6 heteroatoms. The predicted molar refractivity (Wildman–Crippen MR) is 108 cm³/mol. The summed E-state index contributed by atoms with van der Waals surface area (Å²) < 4.78 is 2.06. The Bertz CT molecular complexity index is 1130. The molecule has 1 aromatic carbocycles. The molecule has 0 aliphatic heterocycles. The van der Waals surface area contributed by atoms with E-state index >= 15 is 0 Å². The van der Waals surface area contributed by atoms with Crippen molar-refractivity contribution in [3.63, 3.8) is 0 Å². The molecule has 0 saturated heterocycles. The number of para-hydroxylation sites is 1. The van der Waals surface area contributed by atoms with Gasteiger partial charge in [-0.2, -0.15) is 5.10 Å². The van der Waals surface area contributed by atoms with Gasteiger partial charge in [-0.15, -0.1) is 0 Å². The molecule has 0 atom stereocenters. The normalized spacial score (nSPS) is 12.9. The maximum absolute atomic E-state index is 4.82. The van der Waals surface area contributed by atoms with Gasteiger partial charge in [0.1, 0.15) is 0 Å². The number of aryl methyl sites for hydroxylation is 2. The Morgan fingerprint density at radius 2 is 2.00 bits per heavy atom. The Balaban J connectivity index is 1.55. The SMILES string of the molecule is Cc1nn(-c2ccccc2)c2c1-c1nc(/N=C/c3cccnc3)sc1CC2. The van der Waals surface area contributed by atoms with Crippen LogP contribution in [0.5, 0.6) is 0 Å². The average molecular weight is 371 g/mol. The first kappa shape index (κ1) is 16.1. The van der Waals surface area contributed by atoms with Crippen LogP contribution in [-0.4, -0.2) is 26.0 Å². The van der Waals surface area contributed by atoms with Crippen molar-refractivity contribution in [3.05, 3.63) is 76.7 Å². The molecule has 0 radical (unpaired) electrons. The first-order valence-corrected chi connectivity index (χ1v) is 9.69. The molecule has 1 aliphatic carbocycles. The van der Waals surface area contributed by atoms with E-state index in [-0.39, 0.29) is 0 Å². The number of rotatable bonds is 3. The topological polar surface area (TPSA) is 56.0 Å². The lowest BCUT2D eigenvalue weighted by Crippen LogP contribution is -2.07. The summed E-state index contributed by atoms with van der Waals surface area (Å²) >= 11 is 1.67. The summed E-state index contributed by atoms with van der Waals surface area (Å²) in [5.41, 5.74) is 6.52. The maximum atomic E-state index is 4.82. The van der Waals surface area contributed by atoms with Crippen molar-refractivity contribution in [1.82, 2.24) is 19.7 Å². The van der Waals surface area contributed by atoms with Crippen molar-refractivity contribution in [2.45, 2.75) is 19.8 Å². The van der Waals surface area contributed by atoms with E-state index in [2.05, 4.69) is 33.7 Å². The number of benzene rings is 1. The summed E-state index contributed by atoms with van der Waals surface area (Å²) in [6, 6.07) is 14.2. The summed E-state index contributed by atoms with van der Waals surface area (Å²) in [5.74, 6) is 0. The van der Waals surface area contributed by atoms with Gasteiger partial charge in [-0.1, -0.05) is 35.6 Å². The van der Waals surface area contributed by atoms with Gasteiger partial charge in [-0.25, -0.2) is 14.7 Å². The largest absolute Gasteiger partial charge is 0.264 e. The van der Waals surface area contributed by atoms with E-state index in [0.29, 0.717) is 0 Å². The molecule has 132 valence electrons. The Labute approximate surface area is 161 Å². The second-order valence-electron chi connectivity index (χ2n) is 6.47. The molecule has 0 fully saturated rings. The Morgan fingerprint density at radius 1 is 1.11 bits per heavy atom. The maximum Gasteiger partial charge on any atom is 0.209 e. The Hall–Kier alpha value is -3.12. The fourth-order valence-electron chi connectivity index (χ4n) is 3.47. The molecule has 0 N–H and O–H groups in total. The first-order chi connectivity index (χ1) is 13.3. The molecule has 0 bridgehead atoms. The highest BCUT2D eigenvalue weighted by Crippen LogP contribution is 2.41. The van der Waals surface area contributed by atoms with Gasteiger partial charge in [0.25, 0.3) is 0 Å². The monoisotopic (exact) mass is 371 g/mol. The Kier molecular flexibility index (Phi) is 3.90. The minimum atomic E-state index is 0.781. The highest BCUT2D eigenvalue weighted by Gasteiger charge is 2.27. The second kappa shape index (κ2) is 6.55. The molecule has 0 amide bonds. The van der Waals surface area contributed by atoms with Crippen LogP contribution in [0.1, 0.15) is 21.8 Å². The van der Waals surface area contributed by atoms with Gasteiger partial charge >= 0.3 is 0 Å². The van der Waals surface area contributed by atoms with Crippen LogP contribution in [0.4, 0.5) is 5.13 Å². The van der Waals surface area contributed by atoms with Crippen LogP contribution in [0.15, 0.2) is 59.9 Å². The predicted octanol–water partition coefficient (Wildman–Crippen LogP) is 4.55.